The number of hydrogen-bond donors (Lipinski definition) is 0. The van der Waals surface area contributed by atoms with Gasteiger partial charge in [-0.1, -0.05) is 6.92 Å². The first-order valence-corrected chi connectivity index (χ1v) is 7.17. The van der Waals surface area contributed by atoms with Crippen molar-refractivity contribution >= 4 is 5.91 Å². The van der Waals surface area contributed by atoms with Gasteiger partial charge in [-0.3, -0.25) is 9.78 Å². The van der Waals surface area contributed by atoms with Gasteiger partial charge in [0, 0.05) is 19.2 Å². The van der Waals surface area contributed by atoms with Crippen molar-refractivity contribution in [2.75, 3.05) is 7.05 Å². The van der Waals surface area contributed by atoms with Crippen LogP contribution in [0.5, 0.6) is 0 Å². The highest BCUT2D eigenvalue weighted by Crippen LogP contribution is 2.47. The van der Waals surface area contributed by atoms with E-state index in [-0.39, 0.29) is 5.91 Å². The van der Waals surface area contributed by atoms with Crippen LogP contribution in [0.1, 0.15) is 47.0 Å². The number of aryl methyl sites for hydroxylation is 1. The van der Waals surface area contributed by atoms with E-state index >= 15 is 0 Å². The van der Waals surface area contributed by atoms with Crippen LogP contribution in [-0.2, 0) is 6.54 Å². The van der Waals surface area contributed by atoms with E-state index in [1.807, 2.05) is 19.1 Å². The van der Waals surface area contributed by atoms with E-state index in [4.69, 9.17) is 4.42 Å². The molecule has 0 N–H and O–H groups in total. The minimum atomic E-state index is -0.153. The summed E-state index contributed by atoms with van der Waals surface area (Å²) in [5.41, 5.74) is 1.15. The van der Waals surface area contributed by atoms with Crippen LogP contribution < -0.4 is 0 Å². The average Bonchev–Trinajstić information content (AvgIpc) is 3.02. The lowest BCUT2D eigenvalue weighted by molar-refractivity contribution is 0.0768. The zero-order valence-electron chi connectivity index (χ0n) is 12.5. The average molecular weight is 285 g/mol. The second-order valence-corrected chi connectivity index (χ2v) is 5.83. The van der Waals surface area contributed by atoms with E-state index in [0.29, 0.717) is 24.1 Å². The molecule has 2 atom stereocenters. The summed E-state index contributed by atoms with van der Waals surface area (Å²) in [6.45, 7) is 4.50. The summed E-state index contributed by atoms with van der Waals surface area (Å²) in [5, 5.41) is 0. The zero-order chi connectivity index (χ0) is 15.0. The summed E-state index contributed by atoms with van der Waals surface area (Å²) in [6.07, 6.45) is 4.30. The molecule has 1 saturated carbocycles. The lowest BCUT2D eigenvalue weighted by atomic mass is 10.3. The van der Waals surface area contributed by atoms with Crippen molar-refractivity contribution in [2.45, 2.75) is 32.7 Å². The number of hydrogen-bond acceptors (Lipinski definition) is 4. The first kappa shape index (κ1) is 13.8. The second-order valence-electron chi connectivity index (χ2n) is 5.83. The van der Waals surface area contributed by atoms with Crippen molar-refractivity contribution in [3.05, 3.63) is 47.4 Å². The molecule has 1 aliphatic carbocycles. The molecule has 21 heavy (non-hydrogen) atoms. The van der Waals surface area contributed by atoms with Gasteiger partial charge in [0.25, 0.3) is 5.91 Å². The molecule has 0 radical (unpaired) electrons. The molecule has 3 rings (SSSR count). The predicted molar refractivity (Wildman–Crippen MR) is 77.8 cm³/mol. The maximum Gasteiger partial charge on any atom is 0.274 e. The smallest absolute Gasteiger partial charge is 0.274 e. The fourth-order valence-corrected chi connectivity index (χ4v) is 2.40. The molecule has 0 bridgehead atoms. The highest BCUT2D eigenvalue weighted by atomic mass is 16.3. The van der Waals surface area contributed by atoms with Gasteiger partial charge < -0.3 is 9.32 Å². The van der Waals surface area contributed by atoms with E-state index in [2.05, 4.69) is 16.9 Å². The van der Waals surface area contributed by atoms with Gasteiger partial charge in [-0.05, 0) is 31.4 Å². The second kappa shape index (κ2) is 5.31. The van der Waals surface area contributed by atoms with E-state index < -0.39 is 0 Å². The minimum absolute atomic E-state index is 0.153. The Labute approximate surface area is 124 Å². The molecule has 5 heteroatoms. The molecular formula is C16H19N3O2. The largest absolute Gasteiger partial charge is 0.464 e. The molecule has 0 aromatic carbocycles. The van der Waals surface area contributed by atoms with Crippen molar-refractivity contribution < 1.29 is 9.21 Å². The van der Waals surface area contributed by atoms with Crippen LogP contribution in [0.4, 0.5) is 0 Å². The van der Waals surface area contributed by atoms with Gasteiger partial charge in [-0.15, -0.1) is 0 Å². The van der Waals surface area contributed by atoms with Crippen molar-refractivity contribution in [1.29, 1.82) is 0 Å². The van der Waals surface area contributed by atoms with Gasteiger partial charge in [0.15, 0.2) is 0 Å². The molecule has 0 saturated heterocycles. The van der Waals surface area contributed by atoms with E-state index in [1.54, 1.807) is 18.1 Å². The van der Waals surface area contributed by atoms with Crippen LogP contribution in [0.2, 0.25) is 0 Å². The number of nitrogens with zero attached hydrogens (tertiary/aromatic N) is 3. The molecule has 0 spiro atoms. The highest BCUT2D eigenvalue weighted by Gasteiger charge is 2.36. The van der Waals surface area contributed by atoms with Gasteiger partial charge in [-0.2, -0.15) is 0 Å². The van der Waals surface area contributed by atoms with Crippen molar-refractivity contribution in [3.8, 4) is 0 Å². The lowest BCUT2D eigenvalue weighted by Gasteiger charge is -2.14. The van der Waals surface area contributed by atoms with Crippen LogP contribution >= 0.6 is 0 Å². The van der Waals surface area contributed by atoms with E-state index in [0.717, 1.165) is 17.2 Å². The van der Waals surface area contributed by atoms with Gasteiger partial charge >= 0.3 is 0 Å². The SMILES string of the molecule is Cc1cnc(C(=O)N(C)Cc2ccc([C@@H]3C[C@H]3C)o2)cn1. The molecule has 2 aromatic heterocycles. The summed E-state index contributed by atoms with van der Waals surface area (Å²) < 4.78 is 5.82. The summed E-state index contributed by atoms with van der Waals surface area (Å²) in [6, 6.07) is 3.97. The fraction of sp³-hybridized carbons (Fsp3) is 0.438. The first-order valence-electron chi connectivity index (χ1n) is 7.17. The van der Waals surface area contributed by atoms with Crippen LogP contribution in [0.15, 0.2) is 28.9 Å². The Morgan fingerprint density at radius 1 is 1.38 bits per heavy atom. The summed E-state index contributed by atoms with van der Waals surface area (Å²) >= 11 is 0. The van der Waals surface area contributed by atoms with Crippen LogP contribution in [-0.4, -0.2) is 27.8 Å². The van der Waals surface area contributed by atoms with E-state index in [9.17, 15) is 4.79 Å². The first-order chi connectivity index (χ1) is 10.0. The maximum atomic E-state index is 12.2. The highest BCUT2D eigenvalue weighted by molar-refractivity contribution is 5.91. The predicted octanol–water partition coefficient (Wildman–Crippen LogP) is 2.77. The van der Waals surface area contributed by atoms with Crippen LogP contribution in [0.3, 0.4) is 0 Å². The maximum absolute atomic E-state index is 12.2. The number of carbonyl (C=O) groups excluding carboxylic acids is 1. The number of rotatable bonds is 4. The Bertz CT molecular complexity index is 648. The third-order valence-electron chi connectivity index (χ3n) is 3.90. The molecule has 1 amide bonds. The molecule has 5 nitrogen and oxygen atoms in total. The van der Waals surface area contributed by atoms with Crippen LogP contribution in [0, 0.1) is 12.8 Å². The van der Waals surface area contributed by atoms with Gasteiger partial charge in [0.05, 0.1) is 18.4 Å². The van der Waals surface area contributed by atoms with Crippen molar-refractivity contribution in [1.82, 2.24) is 14.9 Å². The molecular weight excluding hydrogens is 266 g/mol. The normalized spacial score (nSPS) is 20.3. The molecule has 110 valence electrons. The van der Waals surface area contributed by atoms with Gasteiger partial charge in [-0.25, -0.2) is 4.98 Å². The number of carbonyl (C=O) groups is 1. The Kier molecular flexibility index (Phi) is 3.49. The quantitative estimate of drug-likeness (QED) is 0.866. The molecule has 1 aliphatic rings. The van der Waals surface area contributed by atoms with Crippen molar-refractivity contribution in [2.24, 2.45) is 5.92 Å². The Hall–Kier alpha value is -2.17. The Morgan fingerprint density at radius 2 is 2.14 bits per heavy atom. The van der Waals surface area contributed by atoms with Gasteiger partial charge in [0.2, 0.25) is 0 Å². The molecule has 2 aromatic rings. The monoisotopic (exact) mass is 285 g/mol. The third-order valence-corrected chi connectivity index (χ3v) is 3.90. The molecule has 2 heterocycles. The number of furan rings is 1. The summed E-state index contributed by atoms with van der Waals surface area (Å²) in [4.78, 5) is 22.1. The molecule has 1 fully saturated rings. The zero-order valence-corrected chi connectivity index (χ0v) is 12.5. The molecule has 0 unspecified atom stereocenters. The van der Waals surface area contributed by atoms with E-state index in [1.165, 1.54) is 12.6 Å². The standard InChI is InChI=1S/C16H19N3O2/c1-10-6-13(10)15-5-4-12(21-15)9-19(3)16(20)14-8-17-11(2)7-18-14/h4-5,7-8,10,13H,6,9H2,1-3H3/t10-,13-/m1/s1. The Balaban J connectivity index is 1.65. The summed E-state index contributed by atoms with van der Waals surface area (Å²) in [7, 11) is 1.74. The fourth-order valence-electron chi connectivity index (χ4n) is 2.40. The number of aromatic nitrogens is 2. The molecule has 0 aliphatic heterocycles. The number of amides is 1. The topological polar surface area (TPSA) is 59.2 Å². The lowest BCUT2D eigenvalue weighted by Crippen LogP contribution is -2.27. The minimum Gasteiger partial charge on any atom is -0.464 e. The summed E-state index contributed by atoms with van der Waals surface area (Å²) in [5.74, 6) is 2.96. The van der Waals surface area contributed by atoms with Gasteiger partial charge in [0.1, 0.15) is 17.2 Å². The van der Waals surface area contributed by atoms with Crippen LogP contribution in [0.25, 0.3) is 0 Å². The third kappa shape index (κ3) is 2.96. The van der Waals surface area contributed by atoms with Crippen molar-refractivity contribution in [3.63, 3.8) is 0 Å². The Morgan fingerprint density at radius 3 is 2.76 bits per heavy atom.